The Morgan fingerprint density at radius 3 is 3.07 bits per heavy atom. The molecule has 1 saturated carbocycles. The monoisotopic (exact) mass is 213 g/mol. The summed E-state index contributed by atoms with van der Waals surface area (Å²) < 4.78 is 2.08. The van der Waals surface area contributed by atoms with Gasteiger partial charge in [-0.05, 0) is 49.7 Å². The summed E-state index contributed by atoms with van der Waals surface area (Å²) in [5.74, 6) is 0.781. The fourth-order valence-corrected chi connectivity index (χ4v) is 2.62. The molecule has 2 N–H and O–H groups in total. The van der Waals surface area contributed by atoms with Crippen molar-refractivity contribution in [3.8, 4) is 0 Å². The highest BCUT2D eigenvalue weighted by Crippen LogP contribution is 2.37. The molecule has 1 aliphatic rings. The zero-order valence-corrected chi connectivity index (χ0v) is 8.95. The summed E-state index contributed by atoms with van der Waals surface area (Å²) in [6.45, 7) is 0.801. The molecule has 1 fully saturated rings. The Morgan fingerprint density at radius 2 is 2.43 bits per heavy atom. The van der Waals surface area contributed by atoms with Gasteiger partial charge >= 0.3 is 0 Å². The predicted octanol–water partition coefficient (Wildman–Crippen LogP) is 2.23. The van der Waals surface area contributed by atoms with E-state index in [-0.39, 0.29) is 0 Å². The van der Waals surface area contributed by atoms with Gasteiger partial charge < -0.3 is 10.3 Å². The molecule has 0 amide bonds. The van der Waals surface area contributed by atoms with Gasteiger partial charge in [-0.2, -0.15) is 0 Å². The summed E-state index contributed by atoms with van der Waals surface area (Å²) in [7, 11) is 0. The molecule has 1 heterocycles. The third-order valence-electron chi connectivity index (χ3n) is 3.10. The number of hydrogen-bond donors (Lipinski definition) is 1. The molecule has 0 radical (unpaired) electrons. The van der Waals surface area contributed by atoms with E-state index in [1.807, 2.05) is 6.20 Å². The predicted molar refractivity (Wildman–Crippen MR) is 57.3 cm³/mol. The van der Waals surface area contributed by atoms with E-state index in [1.165, 1.54) is 19.3 Å². The van der Waals surface area contributed by atoms with Crippen LogP contribution in [0.15, 0.2) is 12.4 Å². The molecule has 78 valence electrons. The van der Waals surface area contributed by atoms with Gasteiger partial charge in [-0.1, -0.05) is 0 Å². The van der Waals surface area contributed by atoms with Crippen LogP contribution < -0.4 is 5.73 Å². The number of nitrogens with zero attached hydrogens (tertiary/aromatic N) is 2. The van der Waals surface area contributed by atoms with Gasteiger partial charge in [-0.3, -0.25) is 0 Å². The molecule has 2 unspecified atom stereocenters. The average molecular weight is 214 g/mol. The van der Waals surface area contributed by atoms with Gasteiger partial charge in [0.25, 0.3) is 0 Å². The molecule has 0 aromatic carbocycles. The van der Waals surface area contributed by atoms with Gasteiger partial charge in [-0.25, -0.2) is 4.98 Å². The largest absolute Gasteiger partial charge is 0.330 e. The number of aromatic nitrogens is 2. The van der Waals surface area contributed by atoms with E-state index in [0.29, 0.717) is 11.3 Å². The molecule has 4 heteroatoms. The lowest BCUT2D eigenvalue weighted by molar-refractivity contribution is 0.460. The molecule has 3 nitrogen and oxygen atoms in total. The van der Waals surface area contributed by atoms with Crippen LogP contribution in [0.4, 0.5) is 0 Å². The van der Waals surface area contributed by atoms with E-state index in [2.05, 4.69) is 9.55 Å². The number of nitrogens with two attached hydrogens (primary N) is 1. The Hall–Kier alpha value is -0.540. The maximum absolute atomic E-state index is 5.97. The van der Waals surface area contributed by atoms with Gasteiger partial charge in [0.2, 0.25) is 5.28 Å². The average Bonchev–Trinajstić information content (AvgIpc) is 2.74. The van der Waals surface area contributed by atoms with Crippen LogP contribution in [0.5, 0.6) is 0 Å². The summed E-state index contributed by atoms with van der Waals surface area (Å²) in [6.07, 6.45) is 8.56. The van der Waals surface area contributed by atoms with Crippen LogP contribution in [-0.4, -0.2) is 16.1 Å². The van der Waals surface area contributed by atoms with Crippen molar-refractivity contribution in [3.63, 3.8) is 0 Å². The normalized spacial score (nSPS) is 27.0. The second-order valence-corrected chi connectivity index (χ2v) is 4.35. The van der Waals surface area contributed by atoms with Crippen molar-refractivity contribution < 1.29 is 0 Å². The molecule has 2 atom stereocenters. The van der Waals surface area contributed by atoms with Gasteiger partial charge in [0.05, 0.1) is 0 Å². The molecule has 2 rings (SSSR count). The summed E-state index contributed by atoms with van der Waals surface area (Å²) in [6, 6.07) is 0.543. The topological polar surface area (TPSA) is 43.8 Å². The lowest BCUT2D eigenvalue weighted by Crippen LogP contribution is -2.08. The van der Waals surface area contributed by atoms with E-state index in [4.69, 9.17) is 17.3 Å². The van der Waals surface area contributed by atoms with Crippen LogP contribution >= 0.6 is 11.6 Å². The maximum Gasteiger partial charge on any atom is 0.202 e. The number of imidazole rings is 1. The molecule has 0 saturated heterocycles. The molecule has 0 aliphatic heterocycles. The Bertz CT molecular complexity index is 297. The molecular formula is C10H16ClN3. The summed E-state index contributed by atoms with van der Waals surface area (Å²) in [5.41, 5.74) is 5.56. The molecule has 1 aromatic heterocycles. The SMILES string of the molecule is NCCC1CCC(n2ccnc2Cl)C1. The molecular weight excluding hydrogens is 198 g/mol. The third kappa shape index (κ3) is 1.93. The van der Waals surface area contributed by atoms with E-state index in [0.717, 1.165) is 18.9 Å². The number of halogens is 1. The second-order valence-electron chi connectivity index (χ2n) is 4.01. The van der Waals surface area contributed by atoms with E-state index in [1.54, 1.807) is 6.20 Å². The second kappa shape index (κ2) is 4.32. The standard InChI is InChI=1S/C10H16ClN3/c11-10-13-5-6-14(10)9-2-1-8(7-9)3-4-12/h5-6,8-9H,1-4,7,12H2. The quantitative estimate of drug-likeness (QED) is 0.837. The van der Waals surface area contributed by atoms with Crippen molar-refractivity contribution >= 4 is 11.6 Å². The smallest absolute Gasteiger partial charge is 0.202 e. The van der Waals surface area contributed by atoms with Crippen molar-refractivity contribution in [2.45, 2.75) is 31.7 Å². The molecule has 0 bridgehead atoms. The van der Waals surface area contributed by atoms with Crippen molar-refractivity contribution in [2.75, 3.05) is 6.54 Å². The van der Waals surface area contributed by atoms with Crippen LogP contribution in [0.25, 0.3) is 0 Å². The minimum absolute atomic E-state index is 0.543. The van der Waals surface area contributed by atoms with Gasteiger partial charge in [0.1, 0.15) is 0 Å². The highest BCUT2D eigenvalue weighted by Gasteiger charge is 2.26. The molecule has 14 heavy (non-hydrogen) atoms. The first-order chi connectivity index (χ1) is 6.81. The van der Waals surface area contributed by atoms with Crippen LogP contribution in [0.2, 0.25) is 5.28 Å². The Labute approximate surface area is 89.3 Å². The minimum Gasteiger partial charge on any atom is -0.330 e. The van der Waals surface area contributed by atoms with Gasteiger partial charge in [-0.15, -0.1) is 0 Å². The third-order valence-corrected chi connectivity index (χ3v) is 3.40. The highest BCUT2D eigenvalue weighted by molar-refractivity contribution is 6.28. The first-order valence-electron chi connectivity index (χ1n) is 5.19. The zero-order chi connectivity index (χ0) is 9.97. The maximum atomic E-state index is 5.97. The van der Waals surface area contributed by atoms with Crippen molar-refractivity contribution in [3.05, 3.63) is 17.7 Å². The van der Waals surface area contributed by atoms with Gasteiger partial charge in [0, 0.05) is 18.4 Å². The minimum atomic E-state index is 0.543. The molecule has 0 spiro atoms. The van der Waals surface area contributed by atoms with Crippen LogP contribution in [-0.2, 0) is 0 Å². The van der Waals surface area contributed by atoms with Crippen LogP contribution in [0.3, 0.4) is 0 Å². The molecule has 1 aliphatic carbocycles. The van der Waals surface area contributed by atoms with E-state index >= 15 is 0 Å². The first kappa shape index (κ1) is 9.99. The summed E-state index contributed by atoms with van der Waals surface area (Å²) in [4.78, 5) is 4.04. The lowest BCUT2D eigenvalue weighted by atomic mass is 10.0. The number of hydrogen-bond acceptors (Lipinski definition) is 2. The number of rotatable bonds is 3. The van der Waals surface area contributed by atoms with Crippen molar-refractivity contribution in [1.29, 1.82) is 0 Å². The zero-order valence-electron chi connectivity index (χ0n) is 8.19. The Balaban J connectivity index is 1.99. The molecule has 1 aromatic rings. The summed E-state index contributed by atoms with van der Waals surface area (Å²) in [5, 5.41) is 0.614. The van der Waals surface area contributed by atoms with Crippen molar-refractivity contribution in [1.82, 2.24) is 9.55 Å². The van der Waals surface area contributed by atoms with Crippen LogP contribution in [0.1, 0.15) is 31.7 Å². The van der Waals surface area contributed by atoms with Crippen molar-refractivity contribution in [2.24, 2.45) is 11.7 Å². The van der Waals surface area contributed by atoms with E-state index < -0.39 is 0 Å². The highest BCUT2D eigenvalue weighted by atomic mass is 35.5. The van der Waals surface area contributed by atoms with Crippen LogP contribution in [0, 0.1) is 5.92 Å². The van der Waals surface area contributed by atoms with E-state index in [9.17, 15) is 0 Å². The fourth-order valence-electron chi connectivity index (χ4n) is 2.37. The first-order valence-corrected chi connectivity index (χ1v) is 5.57. The Morgan fingerprint density at radius 1 is 1.57 bits per heavy atom. The Kier molecular flexibility index (Phi) is 3.08. The fraction of sp³-hybridized carbons (Fsp3) is 0.700. The summed E-state index contributed by atoms with van der Waals surface area (Å²) >= 11 is 5.97. The lowest BCUT2D eigenvalue weighted by Gasteiger charge is -2.13. The van der Waals surface area contributed by atoms with Gasteiger partial charge in [0.15, 0.2) is 0 Å².